The van der Waals surface area contributed by atoms with Gasteiger partial charge in [0.2, 0.25) is 0 Å². The zero-order valence-electron chi connectivity index (χ0n) is 45.8. The minimum Gasteiger partial charge on any atom is -0.479 e. The summed E-state index contributed by atoms with van der Waals surface area (Å²) in [4.78, 5) is 12.7. The Morgan fingerprint density at radius 2 is 1.14 bits per heavy atom. The molecule has 21 heteroatoms. The van der Waals surface area contributed by atoms with Gasteiger partial charge < -0.3 is 99.2 Å². The van der Waals surface area contributed by atoms with Gasteiger partial charge in [-0.25, -0.2) is 4.79 Å². The van der Waals surface area contributed by atoms with Gasteiger partial charge >= 0.3 is 5.97 Å². The van der Waals surface area contributed by atoms with Gasteiger partial charge in [-0.3, -0.25) is 0 Å². The second-order valence-electron chi connectivity index (χ2n) is 27.0. The van der Waals surface area contributed by atoms with E-state index in [1.54, 1.807) is 5.57 Å². The fraction of sp³-hybridized carbons (Fsp3) is 0.945. The molecule has 0 aromatic carbocycles. The first-order valence-electron chi connectivity index (χ1n) is 27.9. The Morgan fingerprint density at radius 3 is 1.79 bits per heavy atom. The quantitative estimate of drug-likeness (QED) is 0.101. The number of carboxylic acid groups (broad SMARTS) is 1. The molecule has 4 heterocycles. The van der Waals surface area contributed by atoms with Crippen LogP contribution < -0.4 is 0 Å². The highest BCUT2D eigenvalue weighted by Crippen LogP contribution is 2.76. The van der Waals surface area contributed by atoms with Gasteiger partial charge in [0, 0.05) is 0 Å². The molecule has 436 valence electrons. The van der Waals surface area contributed by atoms with Crippen molar-refractivity contribution in [2.45, 2.75) is 256 Å². The number of carboxylic acids is 1. The number of allylic oxidation sites excluding steroid dienone is 2. The van der Waals surface area contributed by atoms with Crippen molar-refractivity contribution >= 4 is 5.97 Å². The van der Waals surface area contributed by atoms with Gasteiger partial charge in [0.25, 0.3) is 0 Å². The van der Waals surface area contributed by atoms with E-state index < -0.39 is 154 Å². The normalized spacial score (nSPS) is 55.0. The molecule has 0 aromatic heterocycles. The molecule has 4 aliphatic heterocycles. The van der Waals surface area contributed by atoms with Crippen molar-refractivity contribution in [1.82, 2.24) is 0 Å². The minimum atomic E-state index is -2.11. The van der Waals surface area contributed by atoms with Crippen LogP contribution in [0.4, 0.5) is 0 Å². The van der Waals surface area contributed by atoms with Gasteiger partial charge in [0.05, 0.1) is 25.4 Å². The minimum absolute atomic E-state index is 0.0231. The van der Waals surface area contributed by atoms with Gasteiger partial charge in [-0.1, -0.05) is 74.0 Å². The van der Waals surface area contributed by atoms with Crippen LogP contribution in [0.1, 0.15) is 127 Å². The maximum absolute atomic E-state index is 12.7. The first kappa shape index (κ1) is 59.1. The van der Waals surface area contributed by atoms with Crippen molar-refractivity contribution in [1.29, 1.82) is 0 Å². The monoisotopic (exact) mass is 1090 g/mol. The van der Waals surface area contributed by atoms with Gasteiger partial charge in [0.15, 0.2) is 31.3 Å². The van der Waals surface area contributed by atoms with Crippen molar-refractivity contribution in [3.8, 4) is 0 Å². The summed E-state index contributed by atoms with van der Waals surface area (Å²) < 4.78 is 49.2. The van der Waals surface area contributed by atoms with E-state index in [-0.39, 0.29) is 33.0 Å². The van der Waals surface area contributed by atoms with E-state index in [0.29, 0.717) is 24.2 Å². The van der Waals surface area contributed by atoms with Gasteiger partial charge in [-0.05, 0) is 121 Å². The topological polar surface area (TPSA) is 334 Å². The smallest absolute Gasteiger partial charge is 0.335 e. The molecule has 9 rings (SSSR count). The molecule has 9 aliphatic rings. The number of rotatable bonds is 11. The lowest BCUT2D eigenvalue weighted by molar-refractivity contribution is -0.410. The van der Waals surface area contributed by atoms with Crippen LogP contribution in [-0.2, 0) is 42.7 Å². The molecule has 8 unspecified atom stereocenters. The van der Waals surface area contributed by atoms with E-state index in [0.717, 1.165) is 32.1 Å². The molecule has 0 aromatic rings. The van der Waals surface area contributed by atoms with Crippen molar-refractivity contribution in [2.75, 3.05) is 13.2 Å². The largest absolute Gasteiger partial charge is 0.479 e. The van der Waals surface area contributed by atoms with E-state index in [4.69, 9.17) is 37.9 Å². The third kappa shape index (κ3) is 9.49. The third-order valence-corrected chi connectivity index (χ3v) is 22.0. The standard InChI is InChI=1S/C55H90O21/c1-23-19-50(3,4)20-26-25-11-12-30-53(8)15-14-31(51(5,6)29(53)13-16-55(30,10)54(25,9)18-17-52(23,26)7)72-48-43(38(64)37(63)42(74-48)45(67)68)75-49-44(76-46-39(65)35(61)32(58)24(2)69-46)41(34(60)28(22-57)71-49)73-47-40(66)36(62)33(59)27(21-56)70-47/h11,23-24,26-44,46-49,56-66H,12-22H2,1-10H3,(H,67,68)/t23?,24-,26?,27+,28+,29?,30?,31-,32-,33+,34-,35+,36-,37-,38-,39+,40+,41-,42-,43+,44+,46?,47?,48?,49?,52-,53-,54+,55+/m0/s1. The summed E-state index contributed by atoms with van der Waals surface area (Å²) in [6, 6.07) is 0. The lowest BCUT2D eigenvalue weighted by Gasteiger charge is -2.72. The summed E-state index contributed by atoms with van der Waals surface area (Å²) in [6.07, 6.45) is -25.7. The zero-order chi connectivity index (χ0) is 55.7. The molecule has 21 nitrogen and oxygen atoms in total. The van der Waals surface area contributed by atoms with Crippen LogP contribution in [0.3, 0.4) is 0 Å². The molecule has 5 aliphatic carbocycles. The first-order chi connectivity index (χ1) is 35.4. The number of hydrogen-bond acceptors (Lipinski definition) is 20. The molecule has 4 saturated carbocycles. The summed E-state index contributed by atoms with van der Waals surface area (Å²) in [5.41, 5.74) is 1.52. The maximum atomic E-state index is 12.7. The molecule has 76 heavy (non-hydrogen) atoms. The summed E-state index contributed by atoms with van der Waals surface area (Å²) in [5, 5.41) is 131. The number of carbonyl (C=O) groups is 1. The van der Waals surface area contributed by atoms with Crippen LogP contribution in [0.5, 0.6) is 0 Å². The van der Waals surface area contributed by atoms with E-state index in [1.165, 1.54) is 26.2 Å². The van der Waals surface area contributed by atoms with Crippen molar-refractivity contribution in [2.24, 2.45) is 56.2 Å². The summed E-state index contributed by atoms with van der Waals surface area (Å²) in [7, 11) is 0. The molecule has 0 radical (unpaired) electrons. The number of fused-ring (bicyclic) bond motifs is 7. The van der Waals surface area contributed by atoms with E-state index in [2.05, 4.69) is 68.4 Å². The summed E-state index contributed by atoms with van der Waals surface area (Å²) in [5.74, 6) is 0.0338. The molecule has 12 N–H and O–H groups in total. The molecule has 29 atom stereocenters. The highest BCUT2D eigenvalue weighted by molar-refractivity contribution is 5.73. The van der Waals surface area contributed by atoms with Crippen molar-refractivity contribution < 1.29 is 104 Å². The molecular formula is C55H90O21. The molecule has 0 bridgehead atoms. The SMILES string of the molecule is CC1CC(C)(C)CC2C3=CCC4[C@@]5(C)CC[C@H](OC6O[C@H](C(=O)O)[C@@H](O)[C@H](O)[C@H]6OC6O[C@H](CO)[C@H](O)[C@H](OC7O[C@H](CO)[C@@H](O)[C@H](O)[C@H]7O)[C@H]6OC6O[C@@H](C)[C@H](O)[C@@H](O)[C@H]6O)C(C)(C)C5CC[C@@]4(C)[C@]3(C)CC[C@@]12C. The van der Waals surface area contributed by atoms with E-state index in [9.17, 15) is 66.1 Å². The van der Waals surface area contributed by atoms with Crippen LogP contribution in [0.25, 0.3) is 0 Å². The third-order valence-electron chi connectivity index (χ3n) is 22.0. The number of ether oxygens (including phenoxy) is 8. The average molecular weight is 1090 g/mol. The second kappa shape index (κ2) is 21.0. The van der Waals surface area contributed by atoms with Gasteiger partial charge in [-0.15, -0.1) is 0 Å². The highest BCUT2D eigenvalue weighted by Gasteiger charge is 2.69. The van der Waals surface area contributed by atoms with Crippen LogP contribution in [0.15, 0.2) is 11.6 Å². The number of aliphatic hydroxyl groups is 11. The Balaban J connectivity index is 1.02. The second-order valence-corrected chi connectivity index (χ2v) is 27.0. The maximum Gasteiger partial charge on any atom is 0.335 e. The number of aliphatic hydroxyl groups excluding tert-OH is 11. The summed E-state index contributed by atoms with van der Waals surface area (Å²) in [6.45, 7) is 21.3. The van der Waals surface area contributed by atoms with Crippen molar-refractivity contribution in [3.63, 3.8) is 0 Å². The van der Waals surface area contributed by atoms with Gasteiger partial charge in [0.1, 0.15) is 85.5 Å². The van der Waals surface area contributed by atoms with Crippen LogP contribution in [0.2, 0.25) is 0 Å². The zero-order valence-corrected chi connectivity index (χ0v) is 45.8. The Morgan fingerprint density at radius 1 is 0.566 bits per heavy atom. The number of hydrogen-bond donors (Lipinski definition) is 12. The Kier molecular flexibility index (Phi) is 16.3. The van der Waals surface area contributed by atoms with E-state index in [1.807, 2.05) is 0 Å². The fourth-order valence-electron chi connectivity index (χ4n) is 17.1. The van der Waals surface area contributed by atoms with Gasteiger partial charge in [-0.2, -0.15) is 0 Å². The Labute approximate surface area is 445 Å². The molecule has 0 spiro atoms. The van der Waals surface area contributed by atoms with Crippen molar-refractivity contribution in [3.05, 3.63) is 11.6 Å². The highest BCUT2D eigenvalue weighted by atomic mass is 16.8. The molecular weight excluding hydrogens is 997 g/mol. The van der Waals surface area contributed by atoms with Crippen LogP contribution in [-0.4, -0.2) is 209 Å². The molecule has 4 saturated heterocycles. The molecule has 0 amide bonds. The average Bonchev–Trinajstić information content (AvgIpc) is 3.53. The fourth-order valence-corrected chi connectivity index (χ4v) is 17.1. The van der Waals surface area contributed by atoms with E-state index >= 15 is 0 Å². The predicted molar refractivity (Wildman–Crippen MR) is 265 cm³/mol. The number of aliphatic carboxylic acids is 1. The lowest BCUT2D eigenvalue weighted by atomic mass is 9.33. The van der Waals surface area contributed by atoms with Crippen LogP contribution in [0, 0.1) is 56.2 Å². The predicted octanol–water partition coefficient (Wildman–Crippen LogP) is 0.832. The Bertz CT molecular complexity index is 2110. The summed E-state index contributed by atoms with van der Waals surface area (Å²) >= 11 is 0. The lowest BCUT2D eigenvalue weighted by Crippen LogP contribution is -2.69. The molecule has 8 fully saturated rings. The van der Waals surface area contributed by atoms with Crippen LogP contribution >= 0.6 is 0 Å². The Hall–Kier alpha value is -1.55. The first-order valence-corrected chi connectivity index (χ1v) is 27.9.